The van der Waals surface area contributed by atoms with E-state index in [2.05, 4.69) is 15.1 Å². The van der Waals surface area contributed by atoms with Gasteiger partial charge in [-0.25, -0.2) is 13.4 Å². The highest BCUT2D eigenvalue weighted by molar-refractivity contribution is 7.90. The summed E-state index contributed by atoms with van der Waals surface area (Å²) < 4.78 is 74.0. The lowest BCUT2D eigenvalue weighted by atomic mass is 9.93. The molecule has 1 aromatic heterocycles. The second-order valence-electron chi connectivity index (χ2n) is 13.6. The number of aromatic nitrogens is 1. The zero-order valence-corrected chi connectivity index (χ0v) is 30.1. The van der Waals surface area contributed by atoms with Crippen LogP contribution >= 0.6 is 0 Å². The quantitative estimate of drug-likeness (QED) is 0.180. The van der Waals surface area contributed by atoms with Gasteiger partial charge in [0.15, 0.2) is 9.84 Å². The van der Waals surface area contributed by atoms with Gasteiger partial charge in [0.1, 0.15) is 10.6 Å². The molecule has 2 aliphatic rings. The molecule has 1 N–H and O–H groups in total. The first kappa shape index (κ1) is 36.8. The number of benzene rings is 3. The maximum atomic E-state index is 14.6. The van der Waals surface area contributed by atoms with Crippen LogP contribution in [0.1, 0.15) is 79.0 Å². The Bertz CT molecular complexity index is 1970. The van der Waals surface area contributed by atoms with Crippen molar-refractivity contribution in [2.75, 3.05) is 39.0 Å². The molecule has 3 aromatic carbocycles. The standard InChI is InChI=1S/C39H45F3N4O4S/c1-4-50-34-24-33-31(23-35(34)51(3,48)49)36(38(47)43-26(2)27-12-7-5-8-13-27)32(37(44-33)28-14-11-15-29(22-28)39(40,41)42)25-45-20-16-30(17-21-45)46-18-9-6-10-19-46/h5,7-8,11-15,22-24,26,30H,4,6,9-10,16-21,25H2,1-3H3,(H,43,47). The Kier molecular flexibility index (Phi) is 11.0. The Balaban J connectivity index is 1.53. The summed E-state index contributed by atoms with van der Waals surface area (Å²) in [5.74, 6) is -0.416. The normalized spacial score (nSPS) is 17.4. The number of ether oxygens (including phenoxy) is 1. The van der Waals surface area contributed by atoms with Crippen molar-refractivity contribution in [3.63, 3.8) is 0 Å². The molecule has 1 atom stereocenters. The van der Waals surface area contributed by atoms with Crippen molar-refractivity contribution in [1.82, 2.24) is 20.1 Å². The molecule has 1 amide bonds. The van der Waals surface area contributed by atoms with Crippen LogP contribution in [0.25, 0.3) is 22.2 Å². The molecule has 0 aliphatic carbocycles. The number of likely N-dealkylation sites (tertiary alicyclic amines) is 2. The first-order valence-electron chi connectivity index (χ1n) is 17.7. The minimum absolute atomic E-state index is 0.0616. The first-order valence-corrected chi connectivity index (χ1v) is 19.6. The van der Waals surface area contributed by atoms with Crippen LogP contribution in [0, 0.1) is 0 Å². The molecule has 0 bridgehead atoms. The smallest absolute Gasteiger partial charge is 0.416 e. The van der Waals surface area contributed by atoms with E-state index in [0.29, 0.717) is 11.6 Å². The van der Waals surface area contributed by atoms with Gasteiger partial charge in [0.25, 0.3) is 5.91 Å². The molecular formula is C39H45F3N4O4S. The van der Waals surface area contributed by atoms with Crippen LogP contribution in [-0.2, 0) is 22.6 Å². The predicted molar refractivity (Wildman–Crippen MR) is 193 cm³/mol. The van der Waals surface area contributed by atoms with Gasteiger partial charge in [-0.15, -0.1) is 0 Å². The maximum Gasteiger partial charge on any atom is 0.416 e. The van der Waals surface area contributed by atoms with Crippen molar-refractivity contribution in [2.24, 2.45) is 0 Å². The average Bonchev–Trinajstić information content (AvgIpc) is 3.11. The third-order valence-electron chi connectivity index (χ3n) is 10.0. The number of fused-ring (bicyclic) bond motifs is 1. The van der Waals surface area contributed by atoms with E-state index in [1.807, 2.05) is 37.3 Å². The lowest BCUT2D eigenvalue weighted by Gasteiger charge is -2.40. The molecular weight excluding hydrogens is 678 g/mol. The number of nitrogens with one attached hydrogen (secondary N) is 1. The van der Waals surface area contributed by atoms with Gasteiger partial charge < -0.3 is 15.0 Å². The summed E-state index contributed by atoms with van der Waals surface area (Å²) in [7, 11) is -3.82. The van der Waals surface area contributed by atoms with Gasteiger partial charge in [-0.2, -0.15) is 13.2 Å². The van der Waals surface area contributed by atoms with Crippen molar-refractivity contribution in [2.45, 2.75) is 75.7 Å². The Morgan fingerprint density at radius 1 is 0.980 bits per heavy atom. The molecule has 272 valence electrons. The van der Waals surface area contributed by atoms with Gasteiger partial charge in [-0.3, -0.25) is 9.69 Å². The van der Waals surface area contributed by atoms with Crippen LogP contribution in [0.5, 0.6) is 5.75 Å². The van der Waals surface area contributed by atoms with E-state index in [-0.39, 0.29) is 51.5 Å². The summed E-state index contributed by atoms with van der Waals surface area (Å²) in [6, 6.07) is 17.3. The number of carbonyl (C=O) groups is 1. The summed E-state index contributed by atoms with van der Waals surface area (Å²) >= 11 is 0. The number of alkyl halides is 3. The molecule has 2 fully saturated rings. The maximum absolute atomic E-state index is 14.6. The Hall–Kier alpha value is -4.00. The highest BCUT2D eigenvalue weighted by atomic mass is 32.2. The lowest BCUT2D eigenvalue weighted by Crippen LogP contribution is -2.46. The van der Waals surface area contributed by atoms with Gasteiger partial charge >= 0.3 is 6.18 Å². The van der Waals surface area contributed by atoms with Gasteiger partial charge in [-0.05, 0) is 89.5 Å². The van der Waals surface area contributed by atoms with Crippen LogP contribution < -0.4 is 10.1 Å². The number of rotatable bonds is 10. The van der Waals surface area contributed by atoms with Gasteiger partial charge in [0.05, 0.1) is 35.0 Å². The van der Waals surface area contributed by atoms with Crippen LogP contribution in [0.3, 0.4) is 0 Å². The van der Waals surface area contributed by atoms with Crippen molar-refractivity contribution in [1.29, 1.82) is 0 Å². The number of nitrogens with zero attached hydrogens (tertiary/aromatic N) is 3. The number of carbonyl (C=O) groups excluding carboxylic acids is 1. The third-order valence-corrected chi connectivity index (χ3v) is 11.2. The van der Waals surface area contributed by atoms with E-state index in [1.165, 1.54) is 37.5 Å². The minimum Gasteiger partial charge on any atom is -0.492 e. The van der Waals surface area contributed by atoms with E-state index in [4.69, 9.17) is 9.72 Å². The largest absolute Gasteiger partial charge is 0.492 e. The number of hydrogen-bond acceptors (Lipinski definition) is 7. The van der Waals surface area contributed by atoms with Crippen molar-refractivity contribution < 1.29 is 31.1 Å². The molecule has 4 aromatic rings. The van der Waals surface area contributed by atoms with E-state index in [1.54, 1.807) is 13.0 Å². The molecule has 0 saturated carbocycles. The molecule has 8 nitrogen and oxygen atoms in total. The number of sulfone groups is 1. The van der Waals surface area contributed by atoms with Crippen molar-refractivity contribution in [3.8, 4) is 17.0 Å². The molecule has 0 spiro atoms. The Labute approximate surface area is 297 Å². The average molecular weight is 723 g/mol. The van der Waals surface area contributed by atoms with Crippen LogP contribution in [0.4, 0.5) is 13.2 Å². The molecule has 2 aliphatic heterocycles. The zero-order chi connectivity index (χ0) is 36.3. The third kappa shape index (κ3) is 8.39. The Morgan fingerprint density at radius 3 is 2.33 bits per heavy atom. The monoisotopic (exact) mass is 722 g/mol. The molecule has 2 saturated heterocycles. The fourth-order valence-corrected chi connectivity index (χ4v) is 8.22. The van der Waals surface area contributed by atoms with Crippen LogP contribution in [0.2, 0.25) is 0 Å². The minimum atomic E-state index is -4.60. The molecule has 6 rings (SSSR count). The van der Waals surface area contributed by atoms with Crippen molar-refractivity contribution in [3.05, 3.63) is 89.0 Å². The van der Waals surface area contributed by atoms with E-state index in [0.717, 1.165) is 63.0 Å². The van der Waals surface area contributed by atoms with Gasteiger partial charge in [-0.1, -0.05) is 48.9 Å². The predicted octanol–water partition coefficient (Wildman–Crippen LogP) is 7.66. The van der Waals surface area contributed by atoms with Crippen molar-refractivity contribution >= 4 is 26.6 Å². The molecule has 12 heteroatoms. The number of amides is 1. The highest BCUT2D eigenvalue weighted by Gasteiger charge is 2.33. The number of piperidine rings is 2. The second-order valence-corrected chi connectivity index (χ2v) is 15.6. The van der Waals surface area contributed by atoms with E-state index >= 15 is 0 Å². The molecule has 3 heterocycles. The summed E-state index contributed by atoms with van der Waals surface area (Å²) in [4.78, 5) is 24.2. The number of hydrogen-bond donors (Lipinski definition) is 1. The molecule has 0 radical (unpaired) electrons. The molecule has 1 unspecified atom stereocenters. The lowest BCUT2D eigenvalue weighted by molar-refractivity contribution is -0.137. The second kappa shape index (κ2) is 15.3. The topological polar surface area (TPSA) is 91.8 Å². The summed E-state index contributed by atoms with van der Waals surface area (Å²) in [6.45, 7) is 7.64. The van der Waals surface area contributed by atoms with Gasteiger partial charge in [0, 0.05) is 41.4 Å². The Morgan fingerprint density at radius 2 is 1.69 bits per heavy atom. The van der Waals surface area contributed by atoms with Gasteiger partial charge in [0.2, 0.25) is 0 Å². The summed E-state index contributed by atoms with van der Waals surface area (Å²) in [5, 5.41) is 3.37. The highest BCUT2D eigenvalue weighted by Crippen LogP contribution is 2.39. The zero-order valence-electron chi connectivity index (χ0n) is 29.3. The fraction of sp³-hybridized carbons (Fsp3) is 0.436. The fourth-order valence-electron chi connectivity index (χ4n) is 7.41. The first-order chi connectivity index (χ1) is 24.3. The van der Waals surface area contributed by atoms with Crippen LogP contribution in [-0.4, -0.2) is 74.2 Å². The summed E-state index contributed by atoms with van der Waals surface area (Å²) in [5.41, 5.74) is 1.34. The number of pyridine rings is 1. The molecule has 51 heavy (non-hydrogen) atoms. The SMILES string of the molecule is CCOc1cc2nc(-c3cccc(C(F)(F)F)c3)c(CN3CCC(N4CCCCC4)CC3)c(C(=O)NC(C)c3ccccc3)c2cc1S(C)(=O)=O. The number of halogens is 3. The van der Waals surface area contributed by atoms with Crippen LogP contribution in [0.15, 0.2) is 71.6 Å². The van der Waals surface area contributed by atoms with E-state index < -0.39 is 33.5 Å². The summed E-state index contributed by atoms with van der Waals surface area (Å²) in [6.07, 6.45) is 1.99. The van der Waals surface area contributed by atoms with E-state index in [9.17, 15) is 26.4 Å².